The van der Waals surface area contributed by atoms with Gasteiger partial charge in [-0.3, -0.25) is 0 Å². The Hall–Kier alpha value is -0.970. The van der Waals surface area contributed by atoms with Crippen molar-refractivity contribution in [2.45, 2.75) is 37.7 Å². The Kier molecular flexibility index (Phi) is 5.11. The molecule has 4 heteroatoms. The van der Waals surface area contributed by atoms with Crippen molar-refractivity contribution in [1.82, 2.24) is 9.80 Å². The van der Waals surface area contributed by atoms with E-state index < -0.39 is 5.60 Å². The van der Waals surface area contributed by atoms with Gasteiger partial charge in [-0.25, -0.2) is 4.39 Å². The van der Waals surface area contributed by atoms with E-state index in [1.54, 1.807) is 18.2 Å². The van der Waals surface area contributed by atoms with Crippen molar-refractivity contribution in [3.05, 3.63) is 35.6 Å². The molecule has 0 aromatic heterocycles. The van der Waals surface area contributed by atoms with E-state index in [0.29, 0.717) is 18.4 Å². The van der Waals surface area contributed by atoms with Crippen LogP contribution in [-0.4, -0.2) is 54.2 Å². The largest absolute Gasteiger partial charge is 0.385 e. The highest BCUT2D eigenvalue weighted by molar-refractivity contribution is 5.25. The van der Waals surface area contributed by atoms with Gasteiger partial charge in [0.1, 0.15) is 5.82 Å². The number of likely N-dealkylation sites (tertiary alicyclic amines) is 2. The summed E-state index contributed by atoms with van der Waals surface area (Å²) in [6.45, 7) is 6.34. The first kappa shape index (κ1) is 15.9. The summed E-state index contributed by atoms with van der Waals surface area (Å²) < 4.78 is 13.9. The van der Waals surface area contributed by atoms with Crippen LogP contribution in [0.15, 0.2) is 24.3 Å². The first-order valence-corrected chi connectivity index (χ1v) is 8.59. The molecule has 0 bridgehead atoms. The van der Waals surface area contributed by atoms with E-state index in [9.17, 15) is 9.50 Å². The fraction of sp³-hybridized carbons (Fsp3) is 0.667. The summed E-state index contributed by atoms with van der Waals surface area (Å²) in [5.74, 6) is -0.285. The molecular weight excluding hydrogens is 279 g/mol. The molecule has 0 spiro atoms. The Morgan fingerprint density at radius 1 is 0.909 bits per heavy atom. The van der Waals surface area contributed by atoms with Crippen LogP contribution in [0.25, 0.3) is 0 Å². The molecule has 2 heterocycles. The summed E-state index contributed by atoms with van der Waals surface area (Å²) >= 11 is 0. The van der Waals surface area contributed by atoms with Gasteiger partial charge in [0.15, 0.2) is 0 Å². The molecule has 22 heavy (non-hydrogen) atoms. The van der Waals surface area contributed by atoms with Gasteiger partial charge in [0, 0.05) is 31.7 Å². The highest BCUT2D eigenvalue weighted by Gasteiger charge is 2.35. The minimum atomic E-state index is -0.993. The van der Waals surface area contributed by atoms with Gasteiger partial charge >= 0.3 is 0 Å². The lowest BCUT2D eigenvalue weighted by Crippen LogP contribution is -2.46. The molecule has 0 aliphatic carbocycles. The third-order valence-corrected chi connectivity index (χ3v) is 5.24. The molecule has 2 saturated heterocycles. The predicted molar refractivity (Wildman–Crippen MR) is 86.3 cm³/mol. The van der Waals surface area contributed by atoms with Crippen molar-refractivity contribution in [1.29, 1.82) is 0 Å². The van der Waals surface area contributed by atoms with Gasteiger partial charge < -0.3 is 14.9 Å². The molecule has 2 aliphatic heterocycles. The Morgan fingerprint density at radius 2 is 1.50 bits per heavy atom. The molecule has 0 saturated carbocycles. The average Bonchev–Trinajstić information content (AvgIpc) is 2.56. The molecular formula is C18H27FN2O. The van der Waals surface area contributed by atoms with Crippen molar-refractivity contribution in [3.8, 4) is 0 Å². The van der Waals surface area contributed by atoms with Crippen LogP contribution < -0.4 is 0 Å². The van der Waals surface area contributed by atoms with Gasteiger partial charge in [0.2, 0.25) is 0 Å². The van der Waals surface area contributed by atoms with Crippen LogP contribution in [0.5, 0.6) is 0 Å². The number of hydrogen-bond acceptors (Lipinski definition) is 3. The molecule has 0 atom stereocenters. The second-order valence-corrected chi connectivity index (χ2v) is 6.76. The third-order valence-electron chi connectivity index (χ3n) is 5.24. The van der Waals surface area contributed by atoms with Crippen LogP contribution in [-0.2, 0) is 5.60 Å². The van der Waals surface area contributed by atoms with Gasteiger partial charge in [-0.2, -0.15) is 0 Å². The number of hydrogen-bond donors (Lipinski definition) is 1. The molecule has 0 unspecified atom stereocenters. The molecule has 2 aliphatic rings. The van der Waals surface area contributed by atoms with Gasteiger partial charge in [0.25, 0.3) is 0 Å². The van der Waals surface area contributed by atoms with Crippen LogP contribution in [0.4, 0.5) is 4.39 Å². The maximum Gasteiger partial charge on any atom is 0.129 e. The molecule has 1 N–H and O–H groups in total. The standard InChI is InChI=1S/C18H27FN2O/c19-17-7-3-2-6-16(17)18(22)8-12-21(13-9-18)15-14-20-10-4-1-5-11-20/h2-3,6-7,22H,1,4-5,8-15H2. The predicted octanol–water partition coefficient (Wildman–Crippen LogP) is 2.60. The first-order chi connectivity index (χ1) is 10.7. The second kappa shape index (κ2) is 7.07. The molecule has 3 rings (SSSR count). The summed E-state index contributed by atoms with van der Waals surface area (Å²) in [5.41, 5.74) is -0.529. The first-order valence-electron chi connectivity index (χ1n) is 8.59. The average molecular weight is 306 g/mol. The maximum absolute atomic E-state index is 13.9. The van der Waals surface area contributed by atoms with Crippen molar-refractivity contribution >= 4 is 0 Å². The normalized spacial score (nSPS) is 23.5. The van der Waals surface area contributed by atoms with Crippen molar-refractivity contribution < 1.29 is 9.50 Å². The van der Waals surface area contributed by atoms with Crippen molar-refractivity contribution in [2.75, 3.05) is 39.3 Å². The molecule has 1 aromatic rings. The number of nitrogens with zero attached hydrogens (tertiary/aromatic N) is 2. The van der Waals surface area contributed by atoms with E-state index in [-0.39, 0.29) is 5.82 Å². The summed E-state index contributed by atoms with van der Waals surface area (Å²) in [4.78, 5) is 4.95. The molecule has 3 nitrogen and oxygen atoms in total. The van der Waals surface area contributed by atoms with Gasteiger partial charge in [0.05, 0.1) is 5.60 Å². The van der Waals surface area contributed by atoms with E-state index in [0.717, 1.165) is 26.2 Å². The minimum Gasteiger partial charge on any atom is -0.385 e. The lowest BCUT2D eigenvalue weighted by atomic mass is 9.84. The second-order valence-electron chi connectivity index (χ2n) is 6.76. The van der Waals surface area contributed by atoms with Crippen LogP contribution in [0.2, 0.25) is 0 Å². The monoisotopic (exact) mass is 306 g/mol. The smallest absolute Gasteiger partial charge is 0.129 e. The number of benzene rings is 1. The van der Waals surface area contributed by atoms with Crippen LogP contribution in [0, 0.1) is 5.82 Å². The fourth-order valence-electron chi connectivity index (χ4n) is 3.72. The summed E-state index contributed by atoms with van der Waals surface area (Å²) in [7, 11) is 0. The Balaban J connectivity index is 1.50. The fourth-order valence-corrected chi connectivity index (χ4v) is 3.72. The van der Waals surface area contributed by atoms with E-state index in [1.807, 2.05) is 0 Å². The minimum absolute atomic E-state index is 0.285. The molecule has 1 aromatic carbocycles. The Bertz CT molecular complexity index is 480. The van der Waals surface area contributed by atoms with E-state index in [1.165, 1.54) is 38.4 Å². The summed E-state index contributed by atoms with van der Waals surface area (Å²) in [5, 5.41) is 10.8. The molecule has 0 amide bonds. The number of rotatable bonds is 4. The SMILES string of the molecule is OC1(c2ccccc2F)CCN(CCN2CCCCC2)CC1. The van der Waals surface area contributed by atoms with Gasteiger partial charge in [-0.05, 0) is 44.8 Å². The highest BCUT2D eigenvalue weighted by atomic mass is 19.1. The summed E-state index contributed by atoms with van der Waals surface area (Å²) in [6, 6.07) is 6.64. The van der Waals surface area contributed by atoms with E-state index in [4.69, 9.17) is 0 Å². The maximum atomic E-state index is 13.9. The number of piperidine rings is 2. The zero-order valence-electron chi connectivity index (χ0n) is 13.3. The van der Waals surface area contributed by atoms with Gasteiger partial charge in [-0.15, -0.1) is 0 Å². The lowest BCUT2D eigenvalue weighted by molar-refractivity contribution is -0.0300. The Morgan fingerprint density at radius 3 is 2.14 bits per heavy atom. The zero-order chi connectivity index (χ0) is 15.4. The molecule has 2 fully saturated rings. The van der Waals surface area contributed by atoms with E-state index >= 15 is 0 Å². The van der Waals surface area contributed by atoms with E-state index in [2.05, 4.69) is 9.80 Å². The van der Waals surface area contributed by atoms with Crippen LogP contribution in [0.3, 0.4) is 0 Å². The third kappa shape index (κ3) is 3.67. The highest BCUT2D eigenvalue weighted by Crippen LogP contribution is 2.34. The lowest BCUT2D eigenvalue weighted by Gasteiger charge is -2.39. The molecule has 0 radical (unpaired) electrons. The molecule has 122 valence electrons. The number of aliphatic hydroxyl groups is 1. The van der Waals surface area contributed by atoms with Gasteiger partial charge in [-0.1, -0.05) is 24.6 Å². The van der Waals surface area contributed by atoms with Crippen LogP contribution >= 0.6 is 0 Å². The summed E-state index contributed by atoms with van der Waals surface area (Å²) in [6.07, 6.45) is 5.26. The quantitative estimate of drug-likeness (QED) is 0.926. The zero-order valence-corrected chi connectivity index (χ0v) is 13.3. The van der Waals surface area contributed by atoms with Crippen LogP contribution in [0.1, 0.15) is 37.7 Å². The topological polar surface area (TPSA) is 26.7 Å². The Labute approximate surface area is 132 Å². The van der Waals surface area contributed by atoms with Crippen molar-refractivity contribution in [3.63, 3.8) is 0 Å². The van der Waals surface area contributed by atoms with Crippen molar-refractivity contribution in [2.24, 2.45) is 0 Å². The number of halogens is 1.